The highest BCUT2D eigenvalue weighted by Crippen LogP contribution is 2.30. The summed E-state index contributed by atoms with van der Waals surface area (Å²) < 4.78 is 12.2. The van der Waals surface area contributed by atoms with Crippen molar-refractivity contribution >= 4 is 21.6 Å². The van der Waals surface area contributed by atoms with Crippen molar-refractivity contribution in [2.45, 2.75) is 12.5 Å². The number of nitrogens with one attached hydrogen (secondary N) is 1. The third-order valence-corrected chi connectivity index (χ3v) is 3.84. The number of nitrogens with zero attached hydrogens (tertiary/aromatic N) is 1. The number of ether oxygens (including phenoxy) is 2. The fourth-order valence-corrected chi connectivity index (χ4v) is 2.57. The predicted octanol–water partition coefficient (Wildman–Crippen LogP) is 2.27. The minimum Gasteiger partial charge on any atom is -0.495 e. The maximum absolute atomic E-state index is 5.71. The van der Waals surface area contributed by atoms with Gasteiger partial charge >= 0.3 is 0 Å². The quantitative estimate of drug-likeness (QED) is 0.899. The van der Waals surface area contributed by atoms with Crippen LogP contribution in [0.25, 0.3) is 0 Å². The summed E-state index contributed by atoms with van der Waals surface area (Å²) >= 11 is 3.50. The van der Waals surface area contributed by atoms with Crippen molar-refractivity contribution in [1.29, 1.82) is 0 Å². The zero-order valence-electron chi connectivity index (χ0n) is 11.5. The van der Waals surface area contributed by atoms with Crippen molar-refractivity contribution in [3.8, 4) is 5.75 Å². The number of anilines is 1. The standard InChI is InChI=1S/C14H21BrN2O2/c1-17(7-5-12-10-16-6-8-19-12)13-9-11(15)3-4-14(13)18-2/h3-4,9,12,16H,5-8,10H2,1-2H3. The zero-order chi connectivity index (χ0) is 13.7. The summed E-state index contributed by atoms with van der Waals surface area (Å²) in [5.74, 6) is 0.897. The Morgan fingerprint density at radius 1 is 1.53 bits per heavy atom. The van der Waals surface area contributed by atoms with E-state index in [0.29, 0.717) is 6.10 Å². The van der Waals surface area contributed by atoms with Crippen LogP contribution in [0.2, 0.25) is 0 Å². The van der Waals surface area contributed by atoms with Crippen molar-refractivity contribution in [3.63, 3.8) is 0 Å². The number of benzene rings is 1. The van der Waals surface area contributed by atoms with E-state index in [2.05, 4.69) is 39.3 Å². The molecule has 1 aliphatic heterocycles. The van der Waals surface area contributed by atoms with Gasteiger partial charge in [0.1, 0.15) is 5.75 Å². The van der Waals surface area contributed by atoms with E-state index in [1.54, 1.807) is 7.11 Å². The summed E-state index contributed by atoms with van der Waals surface area (Å²) in [5.41, 5.74) is 1.10. The van der Waals surface area contributed by atoms with E-state index in [0.717, 1.165) is 48.6 Å². The lowest BCUT2D eigenvalue weighted by Gasteiger charge is -2.27. The number of morpholine rings is 1. The number of halogens is 1. The van der Waals surface area contributed by atoms with Crippen molar-refractivity contribution in [3.05, 3.63) is 22.7 Å². The van der Waals surface area contributed by atoms with Gasteiger partial charge in [0.25, 0.3) is 0 Å². The summed E-state index contributed by atoms with van der Waals surface area (Å²) in [4.78, 5) is 2.21. The Bertz CT molecular complexity index is 408. The molecule has 0 aromatic heterocycles. The molecule has 0 aliphatic carbocycles. The normalized spacial score (nSPS) is 19.2. The van der Waals surface area contributed by atoms with E-state index in [1.165, 1.54) is 0 Å². The molecule has 0 bridgehead atoms. The maximum Gasteiger partial charge on any atom is 0.142 e. The van der Waals surface area contributed by atoms with Crippen LogP contribution in [0.5, 0.6) is 5.75 Å². The Balaban J connectivity index is 1.94. The Labute approximate surface area is 123 Å². The molecule has 4 nitrogen and oxygen atoms in total. The first-order valence-electron chi connectivity index (χ1n) is 6.57. The fraction of sp³-hybridized carbons (Fsp3) is 0.571. The monoisotopic (exact) mass is 328 g/mol. The first-order valence-corrected chi connectivity index (χ1v) is 7.37. The van der Waals surface area contributed by atoms with Crippen molar-refractivity contribution in [2.24, 2.45) is 0 Å². The van der Waals surface area contributed by atoms with Gasteiger partial charge in [-0.3, -0.25) is 0 Å². The van der Waals surface area contributed by atoms with Crippen LogP contribution in [-0.2, 0) is 4.74 Å². The molecule has 5 heteroatoms. The van der Waals surface area contributed by atoms with Crippen LogP contribution in [0, 0.1) is 0 Å². The molecule has 1 unspecified atom stereocenters. The van der Waals surface area contributed by atoms with E-state index in [-0.39, 0.29) is 0 Å². The van der Waals surface area contributed by atoms with Gasteiger partial charge in [-0.1, -0.05) is 15.9 Å². The number of methoxy groups -OCH3 is 1. The van der Waals surface area contributed by atoms with Crippen LogP contribution in [0.15, 0.2) is 22.7 Å². The molecule has 1 heterocycles. The van der Waals surface area contributed by atoms with E-state index in [9.17, 15) is 0 Å². The topological polar surface area (TPSA) is 33.7 Å². The summed E-state index contributed by atoms with van der Waals surface area (Å²) in [5, 5.41) is 3.35. The van der Waals surface area contributed by atoms with Gasteiger partial charge in [-0.15, -0.1) is 0 Å². The highest BCUT2D eigenvalue weighted by Gasteiger charge is 2.15. The molecule has 106 valence electrons. The molecule has 0 radical (unpaired) electrons. The fourth-order valence-electron chi connectivity index (χ4n) is 2.22. The number of hydrogen-bond donors (Lipinski definition) is 1. The molecule has 1 aliphatic rings. The summed E-state index contributed by atoms with van der Waals surface area (Å²) in [6, 6.07) is 6.05. The van der Waals surface area contributed by atoms with Crippen molar-refractivity contribution in [2.75, 3.05) is 45.3 Å². The zero-order valence-corrected chi connectivity index (χ0v) is 13.1. The molecule has 0 spiro atoms. The Morgan fingerprint density at radius 2 is 2.37 bits per heavy atom. The Morgan fingerprint density at radius 3 is 3.05 bits per heavy atom. The van der Waals surface area contributed by atoms with Gasteiger partial charge in [-0.2, -0.15) is 0 Å². The van der Waals surface area contributed by atoms with E-state index < -0.39 is 0 Å². The largest absolute Gasteiger partial charge is 0.495 e. The van der Waals surface area contributed by atoms with Gasteiger partial charge < -0.3 is 19.7 Å². The molecule has 0 saturated carbocycles. The first-order chi connectivity index (χ1) is 9.20. The predicted molar refractivity (Wildman–Crippen MR) is 81.2 cm³/mol. The number of rotatable bonds is 5. The minimum absolute atomic E-state index is 0.314. The molecule has 1 atom stereocenters. The van der Waals surface area contributed by atoms with Crippen LogP contribution in [0.4, 0.5) is 5.69 Å². The molecule has 0 amide bonds. The SMILES string of the molecule is COc1ccc(Br)cc1N(C)CCC1CNCCO1. The molecule has 1 aromatic rings. The molecular formula is C14H21BrN2O2. The van der Waals surface area contributed by atoms with Gasteiger partial charge in [0.2, 0.25) is 0 Å². The minimum atomic E-state index is 0.314. The molecule has 2 rings (SSSR count). The lowest BCUT2D eigenvalue weighted by atomic mass is 10.2. The Hall–Kier alpha value is -0.780. The summed E-state index contributed by atoms with van der Waals surface area (Å²) in [7, 11) is 3.79. The first kappa shape index (κ1) is 14.6. The second-order valence-electron chi connectivity index (χ2n) is 4.72. The van der Waals surface area contributed by atoms with Crippen LogP contribution in [0.1, 0.15) is 6.42 Å². The van der Waals surface area contributed by atoms with E-state index >= 15 is 0 Å². The van der Waals surface area contributed by atoms with Crippen LogP contribution in [-0.4, -0.2) is 46.5 Å². The second-order valence-corrected chi connectivity index (χ2v) is 5.64. The van der Waals surface area contributed by atoms with Gasteiger partial charge in [0.05, 0.1) is 25.5 Å². The molecule has 1 aromatic carbocycles. The van der Waals surface area contributed by atoms with E-state index in [4.69, 9.17) is 9.47 Å². The Kier molecular flexibility index (Phi) is 5.48. The van der Waals surface area contributed by atoms with Crippen molar-refractivity contribution < 1.29 is 9.47 Å². The molecule has 1 saturated heterocycles. The van der Waals surface area contributed by atoms with Crippen molar-refractivity contribution in [1.82, 2.24) is 5.32 Å². The molecule has 1 fully saturated rings. The average molecular weight is 329 g/mol. The van der Waals surface area contributed by atoms with Crippen LogP contribution in [0.3, 0.4) is 0 Å². The van der Waals surface area contributed by atoms with Gasteiger partial charge in [0.15, 0.2) is 0 Å². The molecule has 19 heavy (non-hydrogen) atoms. The number of hydrogen-bond acceptors (Lipinski definition) is 4. The van der Waals surface area contributed by atoms with Gasteiger partial charge in [-0.05, 0) is 24.6 Å². The highest BCUT2D eigenvalue weighted by atomic mass is 79.9. The smallest absolute Gasteiger partial charge is 0.142 e. The van der Waals surface area contributed by atoms with Crippen LogP contribution < -0.4 is 15.0 Å². The van der Waals surface area contributed by atoms with Gasteiger partial charge in [-0.25, -0.2) is 0 Å². The van der Waals surface area contributed by atoms with Crippen LogP contribution >= 0.6 is 15.9 Å². The molecule has 1 N–H and O–H groups in total. The third-order valence-electron chi connectivity index (χ3n) is 3.34. The highest BCUT2D eigenvalue weighted by molar-refractivity contribution is 9.10. The van der Waals surface area contributed by atoms with Gasteiger partial charge in [0, 0.05) is 31.2 Å². The maximum atomic E-state index is 5.71. The summed E-state index contributed by atoms with van der Waals surface area (Å²) in [6.07, 6.45) is 1.33. The van der Waals surface area contributed by atoms with E-state index in [1.807, 2.05) is 12.1 Å². The third kappa shape index (κ3) is 4.09. The average Bonchev–Trinajstić information content (AvgIpc) is 2.46. The molecular weight excluding hydrogens is 308 g/mol. The lowest BCUT2D eigenvalue weighted by molar-refractivity contribution is 0.0250. The lowest BCUT2D eigenvalue weighted by Crippen LogP contribution is -2.40. The second kappa shape index (κ2) is 7.12. The summed E-state index contributed by atoms with van der Waals surface area (Å²) in [6.45, 7) is 3.67.